The number of carbonyl (C=O) groups excluding carboxylic acids is 1. The van der Waals surface area contributed by atoms with Gasteiger partial charge >= 0.3 is 0 Å². The lowest BCUT2D eigenvalue weighted by atomic mass is 10.1. The molecule has 0 bridgehead atoms. The van der Waals surface area contributed by atoms with Crippen molar-refractivity contribution >= 4 is 22.5 Å². The van der Waals surface area contributed by atoms with E-state index < -0.39 is 0 Å². The third kappa shape index (κ3) is 4.22. The van der Waals surface area contributed by atoms with Gasteiger partial charge in [0.15, 0.2) is 0 Å². The molecule has 0 unspecified atom stereocenters. The molecular formula is C22H24N4O2. The van der Waals surface area contributed by atoms with E-state index in [-0.39, 0.29) is 5.91 Å². The van der Waals surface area contributed by atoms with Gasteiger partial charge in [-0.3, -0.25) is 4.79 Å². The van der Waals surface area contributed by atoms with Crippen LogP contribution in [0.4, 0.5) is 5.82 Å². The van der Waals surface area contributed by atoms with Crippen LogP contribution in [0.3, 0.4) is 0 Å². The number of anilines is 1. The number of nitrogens with one attached hydrogen (secondary N) is 1. The lowest BCUT2D eigenvalue weighted by Gasteiger charge is -2.17. The van der Waals surface area contributed by atoms with Crippen LogP contribution in [-0.4, -0.2) is 42.1 Å². The second-order valence-electron chi connectivity index (χ2n) is 6.97. The first kappa shape index (κ1) is 18.2. The van der Waals surface area contributed by atoms with E-state index in [9.17, 15) is 4.79 Å². The Morgan fingerprint density at radius 1 is 1.07 bits per heavy atom. The van der Waals surface area contributed by atoms with Crippen molar-refractivity contribution < 1.29 is 9.53 Å². The van der Waals surface area contributed by atoms with Crippen LogP contribution in [-0.2, 0) is 0 Å². The van der Waals surface area contributed by atoms with Gasteiger partial charge in [-0.15, -0.1) is 0 Å². The van der Waals surface area contributed by atoms with Gasteiger partial charge in [0.2, 0.25) is 5.88 Å². The molecule has 0 saturated carbocycles. The van der Waals surface area contributed by atoms with Crippen LogP contribution in [0.15, 0.2) is 48.5 Å². The quantitative estimate of drug-likeness (QED) is 0.668. The molecule has 1 fully saturated rings. The van der Waals surface area contributed by atoms with Crippen molar-refractivity contribution in [2.24, 2.45) is 0 Å². The number of fused-ring (bicyclic) bond motifs is 1. The zero-order valence-corrected chi connectivity index (χ0v) is 16.0. The van der Waals surface area contributed by atoms with Gasteiger partial charge in [0.25, 0.3) is 5.91 Å². The van der Waals surface area contributed by atoms with Crippen molar-refractivity contribution in [2.75, 3.05) is 31.1 Å². The van der Waals surface area contributed by atoms with Gasteiger partial charge in [-0.25, -0.2) is 4.98 Å². The molecule has 6 heteroatoms. The molecule has 0 radical (unpaired) electrons. The Bertz CT molecular complexity index is 983. The highest BCUT2D eigenvalue weighted by Gasteiger charge is 2.15. The van der Waals surface area contributed by atoms with Gasteiger partial charge in [0.05, 0.1) is 6.54 Å². The highest BCUT2D eigenvalue weighted by Crippen LogP contribution is 2.21. The molecule has 1 aliphatic heterocycles. The molecule has 0 atom stereocenters. The fourth-order valence-electron chi connectivity index (χ4n) is 3.46. The second kappa shape index (κ2) is 8.25. The predicted molar refractivity (Wildman–Crippen MR) is 110 cm³/mol. The van der Waals surface area contributed by atoms with E-state index in [1.807, 2.05) is 55.5 Å². The Kier molecular flexibility index (Phi) is 5.37. The molecule has 144 valence electrons. The molecule has 1 amide bonds. The maximum Gasteiger partial charge on any atom is 0.251 e. The smallest absolute Gasteiger partial charge is 0.251 e. The van der Waals surface area contributed by atoms with E-state index in [2.05, 4.69) is 20.2 Å². The molecule has 6 nitrogen and oxygen atoms in total. The van der Waals surface area contributed by atoms with Crippen molar-refractivity contribution in [3.8, 4) is 5.88 Å². The molecule has 0 aliphatic carbocycles. The lowest BCUT2D eigenvalue weighted by Crippen LogP contribution is -2.28. The molecule has 2 heterocycles. The number of carbonyl (C=O) groups is 1. The van der Waals surface area contributed by atoms with Crippen LogP contribution in [0.2, 0.25) is 0 Å². The monoisotopic (exact) mass is 376 g/mol. The van der Waals surface area contributed by atoms with Crippen molar-refractivity contribution in [1.82, 2.24) is 15.3 Å². The average molecular weight is 376 g/mol. The van der Waals surface area contributed by atoms with E-state index in [1.54, 1.807) is 0 Å². The highest BCUT2D eigenvalue weighted by atomic mass is 16.5. The van der Waals surface area contributed by atoms with Crippen molar-refractivity contribution in [1.29, 1.82) is 0 Å². The summed E-state index contributed by atoms with van der Waals surface area (Å²) in [6, 6.07) is 15.6. The molecule has 0 spiro atoms. The number of aryl methyl sites for hydroxylation is 1. The topological polar surface area (TPSA) is 67.3 Å². The normalized spacial score (nSPS) is 13.7. The number of ether oxygens (including phenoxy) is 1. The molecule has 3 aromatic rings. The zero-order chi connectivity index (χ0) is 19.3. The van der Waals surface area contributed by atoms with E-state index in [4.69, 9.17) is 4.74 Å². The minimum Gasteiger partial charge on any atom is -0.476 e. The van der Waals surface area contributed by atoms with Crippen molar-refractivity contribution in [3.05, 3.63) is 59.9 Å². The first-order valence-electron chi connectivity index (χ1n) is 9.69. The molecule has 1 saturated heterocycles. The van der Waals surface area contributed by atoms with Gasteiger partial charge in [0, 0.05) is 24.7 Å². The summed E-state index contributed by atoms with van der Waals surface area (Å²) < 4.78 is 5.75. The van der Waals surface area contributed by atoms with Crippen LogP contribution in [0, 0.1) is 6.92 Å². The van der Waals surface area contributed by atoms with Gasteiger partial charge in [-0.1, -0.05) is 30.3 Å². The highest BCUT2D eigenvalue weighted by molar-refractivity contribution is 5.98. The number of amides is 1. The number of benzene rings is 2. The number of nitrogens with zero attached hydrogens (tertiary/aromatic N) is 3. The fourth-order valence-corrected chi connectivity index (χ4v) is 3.46. The molecule has 4 rings (SSSR count). The largest absolute Gasteiger partial charge is 0.476 e. The van der Waals surface area contributed by atoms with Crippen molar-refractivity contribution in [3.63, 3.8) is 0 Å². The van der Waals surface area contributed by atoms with Gasteiger partial charge in [-0.2, -0.15) is 4.98 Å². The van der Waals surface area contributed by atoms with E-state index >= 15 is 0 Å². The Morgan fingerprint density at radius 2 is 1.86 bits per heavy atom. The maximum atomic E-state index is 12.4. The van der Waals surface area contributed by atoms with Gasteiger partial charge < -0.3 is 15.0 Å². The van der Waals surface area contributed by atoms with Crippen LogP contribution < -0.4 is 15.0 Å². The van der Waals surface area contributed by atoms with Crippen LogP contribution in [0.1, 0.15) is 29.0 Å². The SMILES string of the molecule is Cc1nc(OCCNC(=O)c2ccc3ccccc3c2)cc(N2CCCC2)n1. The summed E-state index contributed by atoms with van der Waals surface area (Å²) in [4.78, 5) is 23.5. The molecule has 1 aliphatic rings. The Labute approximate surface area is 164 Å². The number of hydrogen-bond acceptors (Lipinski definition) is 5. The molecule has 1 N–H and O–H groups in total. The molecular weight excluding hydrogens is 352 g/mol. The average Bonchev–Trinajstić information content (AvgIpc) is 3.25. The summed E-state index contributed by atoms with van der Waals surface area (Å²) in [7, 11) is 0. The standard InChI is InChI=1S/C22H24N4O2/c1-16-24-20(26-11-4-5-12-26)15-21(25-16)28-13-10-23-22(27)19-9-8-17-6-2-3-7-18(17)14-19/h2-3,6-9,14-15H,4-5,10-13H2,1H3,(H,23,27). The number of rotatable bonds is 6. The minimum absolute atomic E-state index is 0.106. The third-order valence-corrected chi connectivity index (χ3v) is 4.88. The molecule has 28 heavy (non-hydrogen) atoms. The fraction of sp³-hybridized carbons (Fsp3) is 0.318. The Hall–Kier alpha value is -3.15. The first-order chi connectivity index (χ1) is 13.7. The summed E-state index contributed by atoms with van der Waals surface area (Å²) in [5.41, 5.74) is 0.646. The summed E-state index contributed by atoms with van der Waals surface area (Å²) in [6.45, 7) is 4.69. The van der Waals surface area contributed by atoms with E-state index in [1.165, 1.54) is 12.8 Å². The second-order valence-corrected chi connectivity index (χ2v) is 6.97. The van der Waals surface area contributed by atoms with Crippen LogP contribution in [0.25, 0.3) is 10.8 Å². The first-order valence-corrected chi connectivity index (χ1v) is 9.69. The van der Waals surface area contributed by atoms with Gasteiger partial charge in [-0.05, 0) is 42.7 Å². The Balaban J connectivity index is 1.32. The van der Waals surface area contributed by atoms with Crippen molar-refractivity contribution in [2.45, 2.75) is 19.8 Å². The minimum atomic E-state index is -0.106. The summed E-state index contributed by atoms with van der Waals surface area (Å²) in [5.74, 6) is 2.06. The zero-order valence-electron chi connectivity index (χ0n) is 16.0. The number of hydrogen-bond donors (Lipinski definition) is 1. The summed E-state index contributed by atoms with van der Waals surface area (Å²) >= 11 is 0. The third-order valence-electron chi connectivity index (χ3n) is 4.88. The van der Waals surface area contributed by atoms with E-state index in [0.717, 1.165) is 29.7 Å². The number of aromatic nitrogens is 2. The molecule has 1 aromatic heterocycles. The van der Waals surface area contributed by atoms with E-state index in [0.29, 0.717) is 30.4 Å². The van der Waals surface area contributed by atoms with Crippen LogP contribution in [0.5, 0.6) is 5.88 Å². The maximum absolute atomic E-state index is 12.4. The molecule has 2 aromatic carbocycles. The lowest BCUT2D eigenvalue weighted by molar-refractivity contribution is 0.0946. The Morgan fingerprint density at radius 3 is 2.68 bits per heavy atom. The van der Waals surface area contributed by atoms with Crippen LogP contribution >= 0.6 is 0 Å². The predicted octanol–water partition coefficient (Wildman–Crippen LogP) is 3.35. The summed E-state index contributed by atoms with van der Waals surface area (Å²) in [6.07, 6.45) is 2.39. The summed E-state index contributed by atoms with van der Waals surface area (Å²) in [5, 5.41) is 5.07. The van der Waals surface area contributed by atoms with Gasteiger partial charge in [0.1, 0.15) is 18.2 Å².